The average Bonchev–Trinajstić information content (AvgIpc) is 2.37. The zero-order valence-electron chi connectivity index (χ0n) is 10.3. The van der Waals surface area contributed by atoms with Crippen molar-refractivity contribution >= 4 is 35.1 Å². The van der Waals surface area contributed by atoms with Crippen LogP contribution in [0.25, 0.3) is 0 Å². The topological polar surface area (TPSA) is 81.2 Å². The first kappa shape index (κ1) is 15.7. The molecule has 0 aliphatic heterocycles. The molecule has 0 bridgehead atoms. The molecular formula is C11H13Cl2N3O3. The molecule has 8 heteroatoms. The van der Waals surface area contributed by atoms with Crippen molar-refractivity contribution < 1.29 is 14.3 Å². The molecule has 1 aromatic heterocycles. The fourth-order valence-electron chi connectivity index (χ4n) is 1.28. The number of carbonyl (C=O) groups excluding carboxylic acids is 2. The molecule has 1 amide bonds. The Hall–Kier alpha value is -1.40. The molecule has 0 aromatic carbocycles. The van der Waals surface area contributed by atoms with Crippen LogP contribution in [0.3, 0.4) is 0 Å². The van der Waals surface area contributed by atoms with Gasteiger partial charge in [0.25, 0.3) is 5.91 Å². The maximum atomic E-state index is 11.7. The largest absolute Gasteiger partial charge is 0.466 e. The molecule has 0 aliphatic carbocycles. The number of nitrogens with one attached hydrogen (secondary N) is 1. The van der Waals surface area contributed by atoms with Crippen molar-refractivity contribution in [1.29, 1.82) is 0 Å². The summed E-state index contributed by atoms with van der Waals surface area (Å²) < 4.78 is 4.76. The van der Waals surface area contributed by atoms with Crippen molar-refractivity contribution in [2.24, 2.45) is 0 Å². The van der Waals surface area contributed by atoms with Gasteiger partial charge >= 0.3 is 5.97 Å². The van der Waals surface area contributed by atoms with Crippen molar-refractivity contribution in [2.45, 2.75) is 19.8 Å². The summed E-state index contributed by atoms with van der Waals surface area (Å²) in [6, 6.07) is 1.33. The van der Waals surface area contributed by atoms with Crippen LogP contribution in [-0.4, -0.2) is 35.2 Å². The SMILES string of the molecule is CCOC(=O)CCCNC(=O)c1cc(Cl)nnc1Cl. The smallest absolute Gasteiger partial charge is 0.305 e. The number of halogens is 2. The van der Waals surface area contributed by atoms with E-state index in [1.165, 1.54) is 6.07 Å². The van der Waals surface area contributed by atoms with Crippen molar-refractivity contribution in [1.82, 2.24) is 15.5 Å². The Morgan fingerprint density at radius 3 is 2.79 bits per heavy atom. The normalized spacial score (nSPS) is 10.1. The Bertz CT molecular complexity index is 468. The number of amides is 1. The lowest BCUT2D eigenvalue weighted by Crippen LogP contribution is -2.25. The van der Waals surface area contributed by atoms with E-state index in [1.807, 2.05) is 0 Å². The molecule has 0 unspecified atom stereocenters. The first-order valence-electron chi connectivity index (χ1n) is 5.67. The van der Waals surface area contributed by atoms with Crippen LogP contribution in [0.5, 0.6) is 0 Å². The van der Waals surface area contributed by atoms with Crippen LogP contribution in [0.2, 0.25) is 10.3 Å². The number of hydrogen-bond acceptors (Lipinski definition) is 5. The number of ether oxygens (including phenoxy) is 1. The highest BCUT2D eigenvalue weighted by atomic mass is 35.5. The van der Waals surface area contributed by atoms with Crippen LogP contribution in [0.15, 0.2) is 6.07 Å². The van der Waals surface area contributed by atoms with Gasteiger partial charge in [0.2, 0.25) is 0 Å². The Morgan fingerprint density at radius 2 is 2.11 bits per heavy atom. The first-order chi connectivity index (χ1) is 9.04. The van der Waals surface area contributed by atoms with E-state index >= 15 is 0 Å². The highest BCUT2D eigenvalue weighted by Crippen LogP contribution is 2.14. The van der Waals surface area contributed by atoms with E-state index in [4.69, 9.17) is 27.9 Å². The summed E-state index contributed by atoms with van der Waals surface area (Å²) in [5, 5.41) is 9.70. The van der Waals surface area contributed by atoms with Gasteiger partial charge < -0.3 is 10.1 Å². The van der Waals surface area contributed by atoms with Gasteiger partial charge in [0, 0.05) is 13.0 Å². The molecule has 1 N–H and O–H groups in total. The van der Waals surface area contributed by atoms with Crippen molar-refractivity contribution in [2.75, 3.05) is 13.2 Å². The third-order valence-electron chi connectivity index (χ3n) is 2.11. The van der Waals surface area contributed by atoms with Gasteiger partial charge in [-0.1, -0.05) is 23.2 Å². The zero-order chi connectivity index (χ0) is 14.3. The van der Waals surface area contributed by atoms with Crippen LogP contribution >= 0.6 is 23.2 Å². The fourth-order valence-corrected chi connectivity index (χ4v) is 1.60. The molecule has 0 aliphatic rings. The van der Waals surface area contributed by atoms with Gasteiger partial charge in [0.1, 0.15) is 0 Å². The fraction of sp³-hybridized carbons (Fsp3) is 0.455. The summed E-state index contributed by atoms with van der Waals surface area (Å²) in [6.45, 7) is 2.41. The summed E-state index contributed by atoms with van der Waals surface area (Å²) in [4.78, 5) is 22.8. The lowest BCUT2D eigenvalue weighted by atomic mass is 10.2. The van der Waals surface area contributed by atoms with Crippen molar-refractivity contribution in [3.63, 3.8) is 0 Å². The third kappa shape index (κ3) is 5.40. The number of esters is 1. The van der Waals surface area contributed by atoms with Gasteiger partial charge in [0.15, 0.2) is 10.3 Å². The Kier molecular flexibility index (Phi) is 6.52. The number of carbonyl (C=O) groups is 2. The number of aromatic nitrogens is 2. The maximum Gasteiger partial charge on any atom is 0.305 e. The lowest BCUT2D eigenvalue weighted by Gasteiger charge is -2.06. The van der Waals surface area contributed by atoms with Crippen LogP contribution in [0, 0.1) is 0 Å². The quantitative estimate of drug-likeness (QED) is 0.641. The molecule has 6 nitrogen and oxygen atoms in total. The van der Waals surface area contributed by atoms with Crippen molar-refractivity contribution in [3.05, 3.63) is 21.9 Å². The van der Waals surface area contributed by atoms with Crippen LogP contribution in [0.1, 0.15) is 30.1 Å². The van der Waals surface area contributed by atoms with E-state index < -0.39 is 5.91 Å². The van der Waals surface area contributed by atoms with E-state index in [-0.39, 0.29) is 28.3 Å². The molecule has 0 atom stereocenters. The van der Waals surface area contributed by atoms with Gasteiger partial charge in [-0.3, -0.25) is 9.59 Å². The van der Waals surface area contributed by atoms with Gasteiger partial charge in [-0.25, -0.2) is 0 Å². The minimum atomic E-state index is -0.411. The average molecular weight is 306 g/mol. The van der Waals surface area contributed by atoms with E-state index in [2.05, 4.69) is 15.5 Å². The van der Waals surface area contributed by atoms with Gasteiger partial charge in [-0.2, -0.15) is 0 Å². The minimum absolute atomic E-state index is 0.0210. The van der Waals surface area contributed by atoms with E-state index in [0.29, 0.717) is 19.6 Å². The standard InChI is InChI=1S/C11H13Cl2N3O3/c1-2-19-9(17)4-3-5-14-11(18)7-6-8(12)15-16-10(7)13/h6H,2-5H2,1H3,(H,14,18). The zero-order valence-corrected chi connectivity index (χ0v) is 11.8. The predicted molar refractivity (Wildman–Crippen MR) is 70.3 cm³/mol. The maximum absolute atomic E-state index is 11.7. The van der Waals surface area contributed by atoms with Gasteiger partial charge in [-0.15, -0.1) is 10.2 Å². The van der Waals surface area contributed by atoms with Crippen LogP contribution in [0.4, 0.5) is 0 Å². The van der Waals surface area contributed by atoms with E-state index in [1.54, 1.807) is 6.92 Å². The lowest BCUT2D eigenvalue weighted by molar-refractivity contribution is -0.143. The van der Waals surface area contributed by atoms with Crippen molar-refractivity contribution in [3.8, 4) is 0 Å². The Labute approximate surface area is 120 Å². The predicted octanol–water partition coefficient (Wildman–Crippen LogP) is 1.86. The first-order valence-corrected chi connectivity index (χ1v) is 6.42. The molecule has 104 valence electrons. The molecule has 1 aromatic rings. The monoisotopic (exact) mass is 305 g/mol. The minimum Gasteiger partial charge on any atom is -0.466 e. The molecule has 1 rings (SSSR count). The molecule has 0 saturated heterocycles. The van der Waals surface area contributed by atoms with Crippen LogP contribution < -0.4 is 5.32 Å². The molecule has 0 radical (unpaired) electrons. The molecular weight excluding hydrogens is 293 g/mol. The summed E-state index contributed by atoms with van der Waals surface area (Å²) >= 11 is 11.4. The molecule has 0 fully saturated rings. The number of rotatable bonds is 6. The summed E-state index contributed by atoms with van der Waals surface area (Å²) in [5.74, 6) is -0.700. The highest BCUT2D eigenvalue weighted by Gasteiger charge is 2.12. The molecule has 19 heavy (non-hydrogen) atoms. The summed E-state index contributed by atoms with van der Waals surface area (Å²) in [6.07, 6.45) is 0.728. The summed E-state index contributed by atoms with van der Waals surface area (Å²) in [5.41, 5.74) is 0.151. The van der Waals surface area contributed by atoms with Crippen LogP contribution in [-0.2, 0) is 9.53 Å². The third-order valence-corrected chi connectivity index (χ3v) is 2.58. The van der Waals surface area contributed by atoms with E-state index in [9.17, 15) is 9.59 Å². The number of hydrogen-bond donors (Lipinski definition) is 1. The second-order valence-electron chi connectivity index (χ2n) is 3.54. The van der Waals surface area contributed by atoms with E-state index in [0.717, 1.165) is 0 Å². The summed E-state index contributed by atoms with van der Waals surface area (Å²) in [7, 11) is 0. The Morgan fingerprint density at radius 1 is 1.37 bits per heavy atom. The molecule has 0 saturated carbocycles. The van der Waals surface area contributed by atoms with Gasteiger partial charge in [0.05, 0.1) is 12.2 Å². The molecule has 1 heterocycles. The number of nitrogens with zero attached hydrogens (tertiary/aromatic N) is 2. The second-order valence-corrected chi connectivity index (χ2v) is 4.28. The van der Waals surface area contributed by atoms with Gasteiger partial charge in [-0.05, 0) is 19.4 Å². The molecule has 0 spiro atoms. The Balaban J connectivity index is 2.39. The second kappa shape index (κ2) is 7.91. The highest BCUT2D eigenvalue weighted by molar-refractivity contribution is 6.34.